The fourth-order valence-corrected chi connectivity index (χ4v) is 3.64. The fraction of sp³-hybridized carbons (Fsp3) is 0.190. The van der Waals surface area contributed by atoms with Gasteiger partial charge in [-0.3, -0.25) is 10.1 Å². The summed E-state index contributed by atoms with van der Waals surface area (Å²) < 4.78 is 5.91. The number of hydrogen-bond acceptors (Lipinski definition) is 5. The smallest absolute Gasteiger partial charge is 0.270 e. The lowest BCUT2D eigenvalue weighted by molar-refractivity contribution is -0.384. The van der Waals surface area contributed by atoms with Gasteiger partial charge in [-0.2, -0.15) is 0 Å². The van der Waals surface area contributed by atoms with E-state index in [2.05, 4.69) is 21.9 Å². The lowest BCUT2D eigenvalue weighted by Crippen LogP contribution is -2.48. The molecule has 1 aliphatic rings. The maximum Gasteiger partial charge on any atom is 0.270 e. The molecular formula is C21H19N3O3S. The minimum Gasteiger partial charge on any atom is -0.454 e. The first-order valence-corrected chi connectivity index (χ1v) is 9.46. The van der Waals surface area contributed by atoms with Gasteiger partial charge >= 0.3 is 0 Å². The van der Waals surface area contributed by atoms with Gasteiger partial charge in [-0.25, -0.2) is 0 Å². The van der Waals surface area contributed by atoms with Gasteiger partial charge in [0, 0.05) is 49.6 Å². The molecule has 0 atom stereocenters. The van der Waals surface area contributed by atoms with E-state index < -0.39 is 4.92 Å². The van der Waals surface area contributed by atoms with Gasteiger partial charge in [0.05, 0.1) is 4.92 Å². The number of nitrogens with zero attached hydrogens (tertiary/aromatic N) is 3. The molecule has 1 fully saturated rings. The number of benzene rings is 2. The summed E-state index contributed by atoms with van der Waals surface area (Å²) in [5, 5.41) is 11.0. The molecule has 6 nitrogen and oxygen atoms in total. The van der Waals surface area contributed by atoms with Crippen molar-refractivity contribution in [2.24, 2.45) is 0 Å². The van der Waals surface area contributed by atoms with Crippen LogP contribution in [0, 0.1) is 10.1 Å². The number of nitro groups is 1. The predicted molar refractivity (Wildman–Crippen MR) is 113 cm³/mol. The van der Waals surface area contributed by atoms with Crippen LogP contribution < -0.4 is 4.90 Å². The predicted octanol–water partition coefficient (Wildman–Crippen LogP) is 4.35. The van der Waals surface area contributed by atoms with E-state index in [1.54, 1.807) is 18.2 Å². The molecule has 0 saturated carbocycles. The highest BCUT2D eigenvalue weighted by Crippen LogP contribution is 2.27. The first-order valence-electron chi connectivity index (χ1n) is 9.06. The normalized spacial score (nSPS) is 14.1. The van der Waals surface area contributed by atoms with Crippen molar-refractivity contribution in [2.75, 3.05) is 31.1 Å². The van der Waals surface area contributed by atoms with Crippen LogP contribution in [0.25, 0.3) is 11.3 Å². The van der Waals surface area contributed by atoms with Crippen molar-refractivity contribution < 1.29 is 9.34 Å². The van der Waals surface area contributed by atoms with E-state index in [9.17, 15) is 10.1 Å². The molecule has 3 aromatic rings. The monoisotopic (exact) mass is 393 g/mol. The van der Waals surface area contributed by atoms with Gasteiger partial charge in [0.25, 0.3) is 5.69 Å². The second-order valence-electron chi connectivity index (χ2n) is 6.59. The number of piperazine rings is 1. The molecule has 2 heterocycles. The van der Waals surface area contributed by atoms with Crippen molar-refractivity contribution in [3.63, 3.8) is 0 Å². The second kappa shape index (κ2) is 7.82. The van der Waals surface area contributed by atoms with Crippen molar-refractivity contribution in [2.45, 2.75) is 0 Å². The maximum absolute atomic E-state index is 11.0. The highest BCUT2D eigenvalue weighted by molar-refractivity contribution is 7.80. The van der Waals surface area contributed by atoms with Crippen LogP contribution in [0.4, 0.5) is 11.4 Å². The van der Waals surface area contributed by atoms with Crippen LogP contribution in [0.3, 0.4) is 0 Å². The first-order chi connectivity index (χ1) is 13.6. The van der Waals surface area contributed by atoms with Crippen LogP contribution in [0.15, 0.2) is 71.1 Å². The third-order valence-electron chi connectivity index (χ3n) is 4.85. The molecule has 0 amide bonds. The van der Waals surface area contributed by atoms with E-state index in [4.69, 9.17) is 16.6 Å². The van der Waals surface area contributed by atoms with Gasteiger partial charge < -0.3 is 14.2 Å². The van der Waals surface area contributed by atoms with E-state index in [1.165, 1.54) is 17.8 Å². The van der Waals surface area contributed by atoms with Gasteiger partial charge in [0.1, 0.15) is 10.7 Å². The molecular weight excluding hydrogens is 374 g/mol. The van der Waals surface area contributed by atoms with Crippen molar-refractivity contribution in [1.29, 1.82) is 0 Å². The SMILES string of the molecule is O=[N+]([O-])c1cccc(-c2ccc(C(=S)N3CCN(c4ccccc4)CC3)o2)c1. The summed E-state index contributed by atoms with van der Waals surface area (Å²) in [5.41, 5.74) is 1.92. The molecule has 0 unspecified atom stereocenters. The highest BCUT2D eigenvalue weighted by Gasteiger charge is 2.22. The van der Waals surface area contributed by atoms with Gasteiger partial charge in [0.2, 0.25) is 0 Å². The Kier molecular flexibility index (Phi) is 5.08. The average molecular weight is 393 g/mol. The van der Waals surface area contributed by atoms with Crippen LogP contribution in [-0.4, -0.2) is 41.0 Å². The summed E-state index contributed by atoms with van der Waals surface area (Å²) in [4.78, 5) is 15.7. The molecule has 0 aliphatic carbocycles. The Labute approximate surface area is 168 Å². The van der Waals surface area contributed by atoms with Gasteiger partial charge in [0.15, 0.2) is 5.76 Å². The fourth-order valence-electron chi connectivity index (χ4n) is 3.34. The highest BCUT2D eigenvalue weighted by atomic mass is 32.1. The number of anilines is 1. The summed E-state index contributed by atoms with van der Waals surface area (Å²) in [5.74, 6) is 1.19. The molecule has 0 spiro atoms. The summed E-state index contributed by atoms with van der Waals surface area (Å²) in [6, 6.07) is 20.4. The second-order valence-corrected chi connectivity index (χ2v) is 6.97. The first kappa shape index (κ1) is 18.2. The van der Waals surface area contributed by atoms with Crippen LogP contribution in [0.5, 0.6) is 0 Å². The third kappa shape index (κ3) is 3.75. The number of rotatable bonds is 4. The van der Waals surface area contributed by atoms with Gasteiger partial charge in [-0.05, 0) is 24.3 Å². The Bertz CT molecular complexity index is 995. The molecule has 28 heavy (non-hydrogen) atoms. The number of para-hydroxylation sites is 1. The molecule has 0 bridgehead atoms. The standard InChI is InChI=1S/C21H19N3O3S/c25-24(26)18-8-4-5-16(15-18)19-9-10-20(27-19)21(28)23-13-11-22(12-14-23)17-6-2-1-3-7-17/h1-10,15H,11-14H2. The minimum atomic E-state index is -0.412. The number of hydrogen-bond donors (Lipinski definition) is 0. The topological polar surface area (TPSA) is 62.8 Å². The number of nitro benzene ring substituents is 1. The van der Waals surface area contributed by atoms with Crippen molar-refractivity contribution in [3.8, 4) is 11.3 Å². The summed E-state index contributed by atoms with van der Waals surface area (Å²) in [6.07, 6.45) is 0. The van der Waals surface area contributed by atoms with E-state index in [0.717, 1.165) is 26.2 Å². The summed E-state index contributed by atoms with van der Waals surface area (Å²) in [7, 11) is 0. The Morgan fingerprint density at radius 3 is 2.43 bits per heavy atom. The molecule has 1 aromatic heterocycles. The zero-order chi connectivity index (χ0) is 19.5. The zero-order valence-corrected chi connectivity index (χ0v) is 16.0. The van der Waals surface area contributed by atoms with Crippen LogP contribution in [-0.2, 0) is 0 Å². The molecule has 4 rings (SSSR count). The van der Waals surface area contributed by atoms with Crippen LogP contribution >= 0.6 is 12.2 Å². The van der Waals surface area contributed by atoms with Gasteiger partial charge in [-0.1, -0.05) is 42.5 Å². The number of non-ortho nitro benzene ring substituents is 1. The van der Waals surface area contributed by atoms with E-state index in [-0.39, 0.29) is 5.69 Å². The van der Waals surface area contributed by atoms with Crippen LogP contribution in [0.2, 0.25) is 0 Å². The Morgan fingerprint density at radius 2 is 1.71 bits per heavy atom. The largest absolute Gasteiger partial charge is 0.454 e. The van der Waals surface area contributed by atoms with E-state index >= 15 is 0 Å². The molecule has 1 aliphatic heterocycles. The Morgan fingerprint density at radius 1 is 0.964 bits per heavy atom. The lowest BCUT2D eigenvalue weighted by atomic mass is 10.1. The molecule has 0 N–H and O–H groups in total. The quantitative estimate of drug-likeness (QED) is 0.373. The number of furan rings is 1. The van der Waals surface area contributed by atoms with Crippen molar-refractivity contribution in [3.05, 3.63) is 82.6 Å². The summed E-state index contributed by atoms with van der Waals surface area (Å²) >= 11 is 5.63. The van der Waals surface area contributed by atoms with Gasteiger partial charge in [-0.15, -0.1) is 0 Å². The third-order valence-corrected chi connectivity index (χ3v) is 5.31. The summed E-state index contributed by atoms with van der Waals surface area (Å²) in [6.45, 7) is 3.42. The average Bonchev–Trinajstić information content (AvgIpc) is 3.24. The molecule has 1 saturated heterocycles. The Balaban J connectivity index is 1.44. The molecule has 7 heteroatoms. The van der Waals surface area contributed by atoms with E-state index in [0.29, 0.717) is 22.1 Å². The number of thiocarbonyl (C=S) groups is 1. The minimum absolute atomic E-state index is 0.0371. The van der Waals surface area contributed by atoms with Crippen molar-refractivity contribution >= 4 is 28.6 Å². The molecule has 2 aromatic carbocycles. The van der Waals surface area contributed by atoms with Crippen molar-refractivity contribution in [1.82, 2.24) is 4.90 Å². The zero-order valence-electron chi connectivity index (χ0n) is 15.2. The molecule has 0 radical (unpaired) electrons. The molecule has 142 valence electrons. The maximum atomic E-state index is 11.0. The lowest BCUT2D eigenvalue weighted by Gasteiger charge is -2.37. The Hall–Kier alpha value is -3.19. The van der Waals surface area contributed by atoms with Crippen LogP contribution in [0.1, 0.15) is 5.76 Å². The van der Waals surface area contributed by atoms with E-state index in [1.807, 2.05) is 24.3 Å².